The van der Waals surface area contributed by atoms with E-state index in [1.807, 2.05) is 17.9 Å². The van der Waals surface area contributed by atoms with Crippen LogP contribution >= 0.6 is 0 Å². The standard InChI is InChI=1S/C14H27N3O/c1-6-9-15-13(12-8-10-16-17(12)5)14(11(3)4)18-7-2/h8,10-11,13-15H,6-7,9H2,1-5H3. The van der Waals surface area contributed by atoms with Crippen molar-refractivity contribution in [3.05, 3.63) is 18.0 Å². The van der Waals surface area contributed by atoms with Crippen molar-refractivity contribution in [3.8, 4) is 0 Å². The molecule has 0 aliphatic carbocycles. The SMILES string of the molecule is CCCNC(c1ccnn1C)C(OCC)C(C)C. The maximum atomic E-state index is 5.94. The van der Waals surface area contributed by atoms with E-state index in [0.29, 0.717) is 5.92 Å². The van der Waals surface area contributed by atoms with Crippen LogP contribution in [0.2, 0.25) is 0 Å². The molecule has 1 rings (SSSR count). The number of rotatable bonds is 8. The molecule has 1 N–H and O–H groups in total. The first kappa shape index (κ1) is 15.2. The Labute approximate surface area is 111 Å². The summed E-state index contributed by atoms with van der Waals surface area (Å²) in [7, 11) is 1.99. The van der Waals surface area contributed by atoms with Crippen molar-refractivity contribution in [3.63, 3.8) is 0 Å². The first-order valence-corrected chi connectivity index (χ1v) is 6.94. The van der Waals surface area contributed by atoms with Crippen molar-refractivity contribution in [2.75, 3.05) is 13.2 Å². The second-order valence-electron chi connectivity index (χ2n) is 4.98. The van der Waals surface area contributed by atoms with Crippen molar-refractivity contribution < 1.29 is 4.74 Å². The largest absolute Gasteiger partial charge is 0.376 e. The predicted octanol–water partition coefficient (Wildman–Crippen LogP) is 2.52. The normalized spacial score (nSPS) is 15.0. The van der Waals surface area contributed by atoms with Crippen molar-refractivity contribution >= 4 is 0 Å². The molecule has 18 heavy (non-hydrogen) atoms. The molecule has 2 atom stereocenters. The number of hydrogen-bond donors (Lipinski definition) is 1. The molecule has 0 aromatic carbocycles. The van der Waals surface area contributed by atoms with E-state index in [2.05, 4.69) is 44.2 Å². The van der Waals surface area contributed by atoms with Crippen LogP contribution in [-0.2, 0) is 11.8 Å². The molecular formula is C14H27N3O. The number of aromatic nitrogens is 2. The van der Waals surface area contributed by atoms with E-state index in [9.17, 15) is 0 Å². The highest BCUT2D eigenvalue weighted by atomic mass is 16.5. The number of nitrogens with one attached hydrogen (secondary N) is 1. The molecule has 4 nitrogen and oxygen atoms in total. The van der Waals surface area contributed by atoms with Crippen LogP contribution < -0.4 is 5.32 Å². The van der Waals surface area contributed by atoms with Gasteiger partial charge in [0.2, 0.25) is 0 Å². The lowest BCUT2D eigenvalue weighted by Crippen LogP contribution is -2.38. The lowest BCUT2D eigenvalue weighted by atomic mass is 9.96. The summed E-state index contributed by atoms with van der Waals surface area (Å²) in [5.74, 6) is 0.467. The van der Waals surface area contributed by atoms with Gasteiger partial charge in [0.25, 0.3) is 0 Å². The Hall–Kier alpha value is -0.870. The van der Waals surface area contributed by atoms with E-state index in [-0.39, 0.29) is 12.1 Å². The number of ether oxygens (including phenoxy) is 1. The maximum absolute atomic E-state index is 5.94. The van der Waals surface area contributed by atoms with Gasteiger partial charge < -0.3 is 10.1 Å². The topological polar surface area (TPSA) is 39.1 Å². The van der Waals surface area contributed by atoms with Gasteiger partial charge in [-0.2, -0.15) is 5.10 Å². The third-order valence-electron chi connectivity index (χ3n) is 3.14. The molecule has 104 valence electrons. The summed E-state index contributed by atoms with van der Waals surface area (Å²) >= 11 is 0. The average Bonchev–Trinajstić information content (AvgIpc) is 2.74. The van der Waals surface area contributed by atoms with Crippen LogP contribution in [0.1, 0.15) is 45.9 Å². The van der Waals surface area contributed by atoms with Crippen LogP contribution in [0.25, 0.3) is 0 Å². The molecule has 0 bridgehead atoms. The Morgan fingerprint density at radius 3 is 2.56 bits per heavy atom. The molecule has 4 heteroatoms. The minimum Gasteiger partial charge on any atom is -0.376 e. The summed E-state index contributed by atoms with van der Waals surface area (Å²) < 4.78 is 7.87. The van der Waals surface area contributed by atoms with Crippen LogP contribution in [0.15, 0.2) is 12.3 Å². The first-order chi connectivity index (χ1) is 8.61. The van der Waals surface area contributed by atoms with Crippen LogP contribution in [0.3, 0.4) is 0 Å². The minimum atomic E-state index is 0.178. The molecule has 1 aromatic heterocycles. The Morgan fingerprint density at radius 1 is 1.39 bits per heavy atom. The fraction of sp³-hybridized carbons (Fsp3) is 0.786. The van der Waals surface area contributed by atoms with Gasteiger partial charge in [-0.3, -0.25) is 4.68 Å². The highest BCUT2D eigenvalue weighted by molar-refractivity contribution is 5.09. The summed E-state index contributed by atoms with van der Waals surface area (Å²) in [6, 6.07) is 2.28. The molecule has 0 amide bonds. The van der Waals surface area contributed by atoms with Gasteiger partial charge in [-0.15, -0.1) is 0 Å². The van der Waals surface area contributed by atoms with Gasteiger partial charge >= 0.3 is 0 Å². The van der Waals surface area contributed by atoms with E-state index in [1.54, 1.807) is 0 Å². The van der Waals surface area contributed by atoms with Crippen LogP contribution in [0.5, 0.6) is 0 Å². The molecule has 2 unspecified atom stereocenters. The van der Waals surface area contributed by atoms with Crippen LogP contribution in [-0.4, -0.2) is 29.0 Å². The van der Waals surface area contributed by atoms with Crippen molar-refractivity contribution in [2.24, 2.45) is 13.0 Å². The summed E-state index contributed by atoms with van der Waals surface area (Å²) in [5.41, 5.74) is 1.19. The molecule has 0 saturated heterocycles. The average molecular weight is 253 g/mol. The zero-order valence-corrected chi connectivity index (χ0v) is 12.3. The van der Waals surface area contributed by atoms with Gasteiger partial charge in [0, 0.05) is 19.9 Å². The molecule has 0 saturated carbocycles. The quantitative estimate of drug-likeness (QED) is 0.774. The van der Waals surface area contributed by atoms with Crippen molar-refractivity contribution in [1.82, 2.24) is 15.1 Å². The number of hydrogen-bond acceptors (Lipinski definition) is 3. The van der Waals surface area contributed by atoms with Crippen LogP contribution in [0, 0.1) is 5.92 Å². The number of nitrogens with zero attached hydrogens (tertiary/aromatic N) is 2. The monoisotopic (exact) mass is 253 g/mol. The Bertz CT molecular complexity index is 336. The molecule has 0 radical (unpaired) electrons. The van der Waals surface area contributed by atoms with Gasteiger partial charge in [0.15, 0.2) is 0 Å². The summed E-state index contributed by atoms with van der Waals surface area (Å²) in [4.78, 5) is 0. The van der Waals surface area contributed by atoms with E-state index < -0.39 is 0 Å². The van der Waals surface area contributed by atoms with E-state index in [0.717, 1.165) is 19.6 Å². The lowest BCUT2D eigenvalue weighted by molar-refractivity contribution is 0.000971. The Kier molecular flexibility index (Phi) is 6.36. The molecule has 0 spiro atoms. The van der Waals surface area contributed by atoms with Gasteiger partial charge in [0.1, 0.15) is 0 Å². The van der Waals surface area contributed by atoms with Crippen LogP contribution in [0.4, 0.5) is 0 Å². The van der Waals surface area contributed by atoms with E-state index >= 15 is 0 Å². The molecule has 1 heterocycles. The Balaban J connectivity index is 2.91. The second kappa shape index (κ2) is 7.54. The summed E-state index contributed by atoms with van der Waals surface area (Å²) in [5, 5.41) is 7.86. The molecule has 0 aliphatic rings. The third-order valence-corrected chi connectivity index (χ3v) is 3.14. The molecule has 0 fully saturated rings. The van der Waals surface area contributed by atoms with Gasteiger partial charge in [0.05, 0.1) is 17.8 Å². The van der Waals surface area contributed by atoms with Crippen molar-refractivity contribution in [1.29, 1.82) is 0 Å². The molecular weight excluding hydrogens is 226 g/mol. The van der Waals surface area contributed by atoms with Gasteiger partial charge in [-0.05, 0) is 31.9 Å². The smallest absolute Gasteiger partial charge is 0.0807 e. The Morgan fingerprint density at radius 2 is 2.11 bits per heavy atom. The van der Waals surface area contributed by atoms with Gasteiger partial charge in [-0.25, -0.2) is 0 Å². The minimum absolute atomic E-state index is 0.178. The lowest BCUT2D eigenvalue weighted by Gasteiger charge is -2.31. The first-order valence-electron chi connectivity index (χ1n) is 6.94. The summed E-state index contributed by atoms with van der Waals surface area (Å²) in [6.45, 7) is 10.4. The fourth-order valence-electron chi connectivity index (χ4n) is 2.24. The zero-order valence-electron chi connectivity index (χ0n) is 12.3. The predicted molar refractivity (Wildman–Crippen MR) is 74.5 cm³/mol. The third kappa shape index (κ3) is 3.82. The molecule has 0 aliphatic heterocycles. The van der Waals surface area contributed by atoms with E-state index in [1.165, 1.54) is 5.69 Å². The molecule has 1 aromatic rings. The zero-order chi connectivity index (χ0) is 13.5. The van der Waals surface area contributed by atoms with E-state index in [4.69, 9.17) is 4.74 Å². The maximum Gasteiger partial charge on any atom is 0.0807 e. The summed E-state index contributed by atoms with van der Waals surface area (Å²) in [6.07, 6.45) is 3.14. The highest BCUT2D eigenvalue weighted by Gasteiger charge is 2.27. The fourth-order valence-corrected chi connectivity index (χ4v) is 2.24. The van der Waals surface area contributed by atoms with Crippen molar-refractivity contribution in [2.45, 2.75) is 46.3 Å². The highest BCUT2D eigenvalue weighted by Crippen LogP contribution is 2.24. The van der Waals surface area contributed by atoms with Gasteiger partial charge in [-0.1, -0.05) is 20.8 Å². The number of aryl methyl sites for hydroxylation is 1. The second-order valence-corrected chi connectivity index (χ2v) is 4.98.